The number of aryl methyl sites for hydroxylation is 2. The molecule has 1 aromatic carbocycles. The lowest BCUT2D eigenvalue weighted by Gasteiger charge is -2.05. The Morgan fingerprint density at radius 1 is 1.21 bits per heavy atom. The van der Waals surface area contributed by atoms with Crippen LogP contribution in [-0.4, -0.2) is 29.7 Å². The SMILES string of the molecule is Cc1nn(C)c2ncc(S(=O)(=O)NCC#Cc3ccc(C(F)(F)F)cc3)cc12. The van der Waals surface area contributed by atoms with Gasteiger partial charge in [0.1, 0.15) is 4.90 Å². The van der Waals surface area contributed by atoms with E-state index in [9.17, 15) is 21.6 Å². The molecule has 28 heavy (non-hydrogen) atoms. The van der Waals surface area contributed by atoms with Crippen molar-refractivity contribution in [3.8, 4) is 11.8 Å². The molecule has 0 atom stereocenters. The van der Waals surface area contributed by atoms with Crippen LogP contribution < -0.4 is 4.72 Å². The highest BCUT2D eigenvalue weighted by molar-refractivity contribution is 7.89. The van der Waals surface area contributed by atoms with Crippen molar-refractivity contribution in [3.05, 3.63) is 53.3 Å². The number of nitrogens with zero attached hydrogens (tertiary/aromatic N) is 3. The number of halogens is 3. The monoisotopic (exact) mass is 408 g/mol. The molecular formula is C18H15F3N4O2S. The highest BCUT2D eigenvalue weighted by Crippen LogP contribution is 2.28. The zero-order valence-corrected chi connectivity index (χ0v) is 15.7. The Balaban J connectivity index is 1.71. The van der Waals surface area contributed by atoms with Crippen molar-refractivity contribution < 1.29 is 21.6 Å². The van der Waals surface area contributed by atoms with Gasteiger partial charge < -0.3 is 0 Å². The van der Waals surface area contributed by atoms with Crippen LogP contribution in [0.25, 0.3) is 11.0 Å². The van der Waals surface area contributed by atoms with Crippen molar-refractivity contribution in [2.45, 2.75) is 18.0 Å². The van der Waals surface area contributed by atoms with Crippen LogP contribution >= 0.6 is 0 Å². The van der Waals surface area contributed by atoms with E-state index in [0.29, 0.717) is 22.3 Å². The van der Waals surface area contributed by atoms with Gasteiger partial charge in [0.05, 0.1) is 17.8 Å². The van der Waals surface area contributed by atoms with E-state index in [4.69, 9.17) is 0 Å². The smallest absolute Gasteiger partial charge is 0.250 e. The molecule has 146 valence electrons. The van der Waals surface area contributed by atoms with Crippen molar-refractivity contribution in [1.82, 2.24) is 19.5 Å². The first kappa shape index (κ1) is 19.9. The fraction of sp³-hybridized carbons (Fsp3) is 0.222. The van der Waals surface area contributed by atoms with Crippen LogP contribution in [-0.2, 0) is 23.2 Å². The van der Waals surface area contributed by atoms with Crippen molar-refractivity contribution >= 4 is 21.1 Å². The standard InChI is InChI=1S/C18H15F3N4O2S/c1-12-16-10-15(11-22-17(16)25(2)24-12)28(26,27)23-9-3-4-13-5-7-14(8-6-13)18(19,20)21/h5-8,10-11,23H,9H2,1-2H3. The summed E-state index contributed by atoms with van der Waals surface area (Å²) in [6.07, 6.45) is -3.18. The highest BCUT2D eigenvalue weighted by atomic mass is 32.2. The van der Waals surface area contributed by atoms with E-state index < -0.39 is 21.8 Å². The normalized spacial score (nSPS) is 12.0. The van der Waals surface area contributed by atoms with Gasteiger partial charge in [-0.25, -0.2) is 13.4 Å². The Bertz CT molecular complexity index is 1190. The molecule has 2 heterocycles. The molecule has 2 aromatic heterocycles. The molecule has 6 nitrogen and oxygen atoms in total. The molecular weight excluding hydrogens is 393 g/mol. The quantitative estimate of drug-likeness (QED) is 0.676. The molecule has 1 N–H and O–H groups in total. The molecule has 0 amide bonds. The molecule has 3 aromatic rings. The van der Waals surface area contributed by atoms with Gasteiger partial charge in [-0.15, -0.1) is 0 Å². The lowest BCUT2D eigenvalue weighted by molar-refractivity contribution is -0.137. The van der Waals surface area contributed by atoms with E-state index in [1.54, 1.807) is 18.7 Å². The Morgan fingerprint density at radius 2 is 1.89 bits per heavy atom. The Hall–Kier alpha value is -2.90. The molecule has 0 spiro atoms. The van der Waals surface area contributed by atoms with Crippen LogP contribution in [0.2, 0.25) is 0 Å². The Morgan fingerprint density at radius 3 is 2.54 bits per heavy atom. The average molecular weight is 408 g/mol. The first-order chi connectivity index (χ1) is 13.1. The minimum Gasteiger partial charge on any atom is -0.250 e. The third-order valence-corrected chi connectivity index (χ3v) is 5.31. The van der Waals surface area contributed by atoms with Crippen LogP contribution in [0.5, 0.6) is 0 Å². The predicted molar refractivity (Wildman–Crippen MR) is 96.8 cm³/mol. The van der Waals surface area contributed by atoms with Gasteiger partial charge in [0.25, 0.3) is 0 Å². The number of sulfonamides is 1. The first-order valence-corrected chi connectivity index (χ1v) is 9.51. The van der Waals surface area contributed by atoms with Crippen LogP contribution in [0.4, 0.5) is 13.2 Å². The highest BCUT2D eigenvalue weighted by Gasteiger charge is 2.29. The molecule has 0 bridgehead atoms. The minimum absolute atomic E-state index is 0.0209. The summed E-state index contributed by atoms with van der Waals surface area (Å²) >= 11 is 0. The van der Waals surface area contributed by atoms with E-state index in [2.05, 4.69) is 26.6 Å². The van der Waals surface area contributed by atoms with Gasteiger partial charge >= 0.3 is 6.18 Å². The molecule has 0 aliphatic rings. The van der Waals surface area contributed by atoms with Crippen LogP contribution in [0.15, 0.2) is 41.4 Å². The van der Waals surface area contributed by atoms with Crippen LogP contribution in [0.1, 0.15) is 16.8 Å². The van der Waals surface area contributed by atoms with Crippen molar-refractivity contribution in [2.24, 2.45) is 7.05 Å². The molecule has 0 radical (unpaired) electrons. The third-order valence-electron chi connectivity index (χ3n) is 3.94. The number of rotatable bonds is 3. The molecule has 10 heteroatoms. The molecule has 0 unspecified atom stereocenters. The van der Waals surface area contributed by atoms with E-state index in [1.807, 2.05) is 0 Å². The number of pyridine rings is 1. The van der Waals surface area contributed by atoms with Crippen molar-refractivity contribution in [1.29, 1.82) is 0 Å². The van der Waals surface area contributed by atoms with Crippen LogP contribution in [0, 0.1) is 18.8 Å². The summed E-state index contributed by atoms with van der Waals surface area (Å²) in [7, 11) is -2.13. The van der Waals surface area contributed by atoms with E-state index >= 15 is 0 Å². The zero-order valence-electron chi connectivity index (χ0n) is 14.9. The number of aromatic nitrogens is 3. The Kier molecular flexibility index (Phi) is 5.14. The summed E-state index contributed by atoms with van der Waals surface area (Å²) in [4.78, 5) is 4.10. The maximum atomic E-state index is 12.5. The second-order valence-electron chi connectivity index (χ2n) is 5.95. The first-order valence-electron chi connectivity index (χ1n) is 8.03. The fourth-order valence-electron chi connectivity index (χ4n) is 2.54. The molecule has 3 rings (SSSR count). The summed E-state index contributed by atoms with van der Waals surface area (Å²) in [5.41, 5.74) is 0.802. The number of benzene rings is 1. The van der Waals surface area contributed by atoms with Gasteiger partial charge in [0.2, 0.25) is 10.0 Å². The molecule has 0 saturated heterocycles. The second-order valence-corrected chi connectivity index (χ2v) is 7.72. The molecule has 0 aliphatic heterocycles. The van der Waals surface area contributed by atoms with Gasteiger partial charge in [0.15, 0.2) is 5.65 Å². The van der Waals surface area contributed by atoms with Crippen molar-refractivity contribution in [2.75, 3.05) is 6.54 Å². The number of nitrogens with one attached hydrogen (secondary N) is 1. The number of hydrogen-bond acceptors (Lipinski definition) is 4. The number of hydrogen-bond donors (Lipinski definition) is 1. The predicted octanol–water partition coefficient (Wildman–Crippen LogP) is 2.63. The lowest BCUT2D eigenvalue weighted by atomic mass is 10.1. The van der Waals surface area contributed by atoms with E-state index in [0.717, 1.165) is 12.1 Å². The van der Waals surface area contributed by atoms with Gasteiger partial charge in [-0.3, -0.25) is 4.68 Å². The molecule has 0 fully saturated rings. The summed E-state index contributed by atoms with van der Waals surface area (Å²) in [6, 6.07) is 5.79. The van der Waals surface area contributed by atoms with E-state index in [-0.39, 0.29) is 11.4 Å². The average Bonchev–Trinajstić information content (AvgIpc) is 2.92. The van der Waals surface area contributed by atoms with Gasteiger partial charge in [0, 0.05) is 24.2 Å². The number of alkyl halides is 3. The van der Waals surface area contributed by atoms with Gasteiger partial charge in [-0.2, -0.15) is 23.0 Å². The van der Waals surface area contributed by atoms with Gasteiger partial charge in [-0.05, 0) is 37.3 Å². The largest absolute Gasteiger partial charge is 0.416 e. The fourth-order valence-corrected chi connectivity index (χ4v) is 3.43. The molecule has 0 aliphatic carbocycles. The minimum atomic E-state index is -4.41. The summed E-state index contributed by atoms with van der Waals surface area (Å²) in [5, 5.41) is 4.82. The molecule has 0 saturated carbocycles. The maximum Gasteiger partial charge on any atom is 0.416 e. The topological polar surface area (TPSA) is 76.9 Å². The second kappa shape index (κ2) is 7.26. The van der Waals surface area contributed by atoms with E-state index in [1.165, 1.54) is 24.4 Å². The Labute approximate surface area is 159 Å². The lowest BCUT2D eigenvalue weighted by Crippen LogP contribution is -2.24. The van der Waals surface area contributed by atoms with Gasteiger partial charge in [-0.1, -0.05) is 11.8 Å². The maximum absolute atomic E-state index is 12.5. The summed E-state index contributed by atoms with van der Waals surface area (Å²) in [6.45, 7) is 1.55. The summed E-state index contributed by atoms with van der Waals surface area (Å²) < 4.78 is 66.2. The van der Waals surface area contributed by atoms with Crippen LogP contribution in [0.3, 0.4) is 0 Å². The van der Waals surface area contributed by atoms with Crippen molar-refractivity contribution in [3.63, 3.8) is 0 Å². The summed E-state index contributed by atoms with van der Waals surface area (Å²) in [5.74, 6) is 5.20. The third kappa shape index (κ3) is 4.16. The zero-order chi connectivity index (χ0) is 20.5. The number of fused-ring (bicyclic) bond motifs is 1.